The van der Waals surface area contributed by atoms with E-state index in [0.29, 0.717) is 17.2 Å². The van der Waals surface area contributed by atoms with Crippen molar-refractivity contribution in [2.45, 2.75) is 30.5 Å². The number of benzene rings is 1. The van der Waals surface area contributed by atoms with E-state index in [1.54, 1.807) is 4.90 Å². The van der Waals surface area contributed by atoms with Gasteiger partial charge in [-0.25, -0.2) is 0 Å². The molecule has 0 aliphatic carbocycles. The van der Waals surface area contributed by atoms with Crippen LogP contribution in [0.25, 0.3) is 0 Å². The number of carbonyl (C=O) groups is 1. The maximum absolute atomic E-state index is 11.7. The Bertz CT molecular complexity index is 511. The van der Waals surface area contributed by atoms with Gasteiger partial charge in [0.25, 0.3) is 0 Å². The molecule has 2 heterocycles. The Morgan fingerprint density at radius 1 is 1.40 bits per heavy atom. The summed E-state index contributed by atoms with van der Waals surface area (Å²) in [6, 6.07) is 6.48. The summed E-state index contributed by atoms with van der Waals surface area (Å²) >= 11 is 3.84. The molecule has 2 aliphatic rings. The number of hydrogen-bond acceptors (Lipinski definition) is 2. The molecule has 0 radical (unpaired) electrons. The van der Waals surface area contributed by atoms with Gasteiger partial charge in [0.15, 0.2) is 0 Å². The summed E-state index contributed by atoms with van der Waals surface area (Å²) < 4.78 is 5.59. The number of alkyl halides is 1. The first-order valence-corrected chi connectivity index (χ1v) is 8.19. The smallest absolute Gasteiger partial charge is 0.227 e. The van der Waals surface area contributed by atoms with Crippen molar-refractivity contribution in [1.29, 1.82) is 0 Å². The Morgan fingerprint density at radius 3 is 3.00 bits per heavy atom. The largest absolute Gasteiger partial charge is 0.381 e. The number of amides is 1. The molecule has 1 saturated heterocycles. The maximum Gasteiger partial charge on any atom is 0.227 e. The van der Waals surface area contributed by atoms with Crippen LogP contribution in [0, 0.1) is 5.92 Å². The highest BCUT2D eigenvalue weighted by Crippen LogP contribution is 2.38. The highest BCUT2D eigenvalue weighted by atomic mass is 79.9. The van der Waals surface area contributed by atoms with Crippen molar-refractivity contribution < 1.29 is 9.53 Å². The number of ether oxygens (including phenoxy) is 1. The number of rotatable bonds is 2. The molecule has 3 nitrogen and oxygen atoms in total. The van der Waals surface area contributed by atoms with E-state index in [0.717, 1.165) is 31.7 Å². The van der Waals surface area contributed by atoms with Crippen LogP contribution >= 0.6 is 15.9 Å². The molecule has 0 saturated carbocycles. The van der Waals surface area contributed by atoms with E-state index in [-0.39, 0.29) is 5.91 Å². The zero-order chi connectivity index (χ0) is 14.1. The third kappa shape index (κ3) is 2.63. The van der Waals surface area contributed by atoms with Crippen molar-refractivity contribution in [2.75, 3.05) is 25.2 Å². The topological polar surface area (TPSA) is 29.5 Å². The number of hydrogen-bond donors (Lipinski definition) is 0. The Morgan fingerprint density at radius 2 is 2.25 bits per heavy atom. The molecule has 1 aromatic carbocycles. The molecule has 20 heavy (non-hydrogen) atoms. The summed E-state index contributed by atoms with van der Waals surface area (Å²) in [5.74, 6) is 0.756. The van der Waals surface area contributed by atoms with Crippen LogP contribution < -0.4 is 4.90 Å². The van der Waals surface area contributed by atoms with Crippen molar-refractivity contribution in [1.82, 2.24) is 0 Å². The lowest BCUT2D eigenvalue weighted by Gasteiger charge is -2.29. The summed E-state index contributed by atoms with van der Waals surface area (Å²) in [6.45, 7) is 1.73. The van der Waals surface area contributed by atoms with Crippen molar-refractivity contribution in [3.05, 3.63) is 29.3 Å². The van der Waals surface area contributed by atoms with Gasteiger partial charge in [0.1, 0.15) is 0 Å². The van der Waals surface area contributed by atoms with Crippen molar-refractivity contribution in [3.8, 4) is 0 Å². The predicted octanol–water partition coefficient (Wildman–Crippen LogP) is 3.46. The maximum atomic E-state index is 11.7. The fourth-order valence-electron chi connectivity index (χ4n) is 3.12. The minimum Gasteiger partial charge on any atom is -0.381 e. The number of aryl methyl sites for hydroxylation is 1. The highest BCUT2D eigenvalue weighted by Gasteiger charge is 2.26. The van der Waals surface area contributed by atoms with E-state index in [2.05, 4.69) is 34.1 Å². The van der Waals surface area contributed by atoms with Crippen LogP contribution in [-0.2, 0) is 16.0 Å². The number of nitrogens with zero attached hydrogens (tertiary/aromatic N) is 1. The molecule has 1 aromatic rings. The van der Waals surface area contributed by atoms with Gasteiger partial charge in [0.2, 0.25) is 5.91 Å². The van der Waals surface area contributed by atoms with Gasteiger partial charge in [-0.2, -0.15) is 0 Å². The molecule has 4 heteroatoms. The van der Waals surface area contributed by atoms with Gasteiger partial charge in [-0.15, -0.1) is 0 Å². The normalized spacial score (nSPS) is 24.4. The summed E-state index contributed by atoms with van der Waals surface area (Å²) in [6.07, 6.45) is 3.83. The van der Waals surface area contributed by atoms with Crippen LogP contribution in [0.3, 0.4) is 0 Å². The predicted molar refractivity (Wildman–Crippen MR) is 83.4 cm³/mol. The molecule has 108 valence electrons. The fourth-order valence-corrected chi connectivity index (χ4v) is 3.82. The van der Waals surface area contributed by atoms with Crippen LogP contribution in [0.5, 0.6) is 0 Å². The molecule has 2 atom stereocenters. The van der Waals surface area contributed by atoms with E-state index < -0.39 is 0 Å². The van der Waals surface area contributed by atoms with E-state index in [9.17, 15) is 4.79 Å². The van der Waals surface area contributed by atoms with Crippen LogP contribution in [0.2, 0.25) is 0 Å². The molecular formula is C16H20BrNO2. The Hall–Kier alpha value is -0.870. The quantitative estimate of drug-likeness (QED) is 0.773. The van der Waals surface area contributed by atoms with Crippen molar-refractivity contribution in [3.63, 3.8) is 0 Å². The summed E-state index contributed by atoms with van der Waals surface area (Å²) in [4.78, 5) is 13.8. The second kappa shape index (κ2) is 5.86. The molecule has 0 bridgehead atoms. The number of fused-ring (bicyclic) bond motifs is 1. The zero-order valence-electron chi connectivity index (χ0n) is 11.8. The van der Waals surface area contributed by atoms with Gasteiger partial charge in [-0.1, -0.05) is 28.1 Å². The summed E-state index contributed by atoms with van der Waals surface area (Å²) in [5, 5.41) is 0. The van der Waals surface area contributed by atoms with Crippen LogP contribution in [0.1, 0.15) is 35.2 Å². The third-order valence-electron chi connectivity index (χ3n) is 4.38. The van der Waals surface area contributed by atoms with E-state index in [1.807, 2.05) is 7.05 Å². The van der Waals surface area contributed by atoms with Crippen molar-refractivity contribution in [2.24, 2.45) is 5.92 Å². The Balaban J connectivity index is 1.83. The average molecular weight is 338 g/mol. The molecule has 2 aliphatic heterocycles. The average Bonchev–Trinajstić information content (AvgIpc) is 2.51. The highest BCUT2D eigenvalue weighted by molar-refractivity contribution is 9.09. The van der Waals surface area contributed by atoms with Crippen LogP contribution in [0.15, 0.2) is 18.2 Å². The standard InChI is InChI=1S/C16H20BrNO2/c1-18-14-6-4-12(9-11(14)5-7-15(18)19)16(17)13-3-2-8-20-10-13/h4,6,9,13,16H,2-3,5,7-8,10H2,1H3. The van der Waals surface area contributed by atoms with Gasteiger partial charge in [-0.05, 0) is 42.4 Å². The molecular weight excluding hydrogens is 318 g/mol. The second-order valence-corrected chi connectivity index (χ2v) is 6.71. The fraction of sp³-hybridized carbons (Fsp3) is 0.562. The SMILES string of the molecule is CN1C(=O)CCc2cc(C(Br)C3CCCOC3)ccc21. The lowest BCUT2D eigenvalue weighted by atomic mass is 9.91. The summed E-state index contributed by atoms with van der Waals surface area (Å²) in [5.41, 5.74) is 3.65. The molecule has 2 unspecified atom stereocenters. The van der Waals surface area contributed by atoms with Gasteiger partial charge in [0.05, 0.1) is 6.61 Å². The molecule has 0 N–H and O–H groups in total. The van der Waals surface area contributed by atoms with Gasteiger partial charge in [0, 0.05) is 30.6 Å². The van der Waals surface area contributed by atoms with Crippen LogP contribution in [-0.4, -0.2) is 26.2 Å². The van der Waals surface area contributed by atoms with Crippen molar-refractivity contribution >= 4 is 27.5 Å². The first-order chi connectivity index (χ1) is 9.66. The first kappa shape index (κ1) is 14.1. The Labute approximate surface area is 128 Å². The Kier molecular flexibility index (Phi) is 4.13. The third-order valence-corrected chi connectivity index (χ3v) is 5.65. The van der Waals surface area contributed by atoms with Gasteiger partial charge in [-0.3, -0.25) is 4.79 Å². The van der Waals surface area contributed by atoms with Gasteiger partial charge >= 0.3 is 0 Å². The molecule has 3 rings (SSSR count). The van der Waals surface area contributed by atoms with Gasteiger partial charge < -0.3 is 9.64 Å². The monoisotopic (exact) mass is 337 g/mol. The molecule has 1 amide bonds. The molecule has 0 spiro atoms. The summed E-state index contributed by atoms with van der Waals surface area (Å²) in [7, 11) is 1.86. The molecule has 0 aromatic heterocycles. The van der Waals surface area contributed by atoms with E-state index in [4.69, 9.17) is 4.74 Å². The minimum atomic E-state index is 0.210. The number of anilines is 1. The van der Waals surface area contributed by atoms with E-state index in [1.165, 1.54) is 17.5 Å². The lowest BCUT2D eigenvalue weighted by molar-refractivity contribution is -0.118. The molecule has 1 fully saturated rings. The number of halogens is 1. The second-order valence-electron chi connectivity index (χ2n) is 5.72. The number of carbonyl (C=O) groups excluding carboxylic acids is 1. The minimum absolute atomic E-state index is 0.210. The lowest BCUT2D eigenvalue weighted by Crippen LogP contribution is -2.31. The van der Waals surface area contributed by atoms with E-state index >= 15 is 0 Å². The van der Waals surface area contributed by atoms with Crippen LogP contribution in [0.4, 0.5) is 5.69 Å². The first-order valence-electron chi connectivity index (χ1n) is 7.28. The zero-order valence-corrected chi connectivity index (χ0v) is 13.4.